The SMILES string of the molecule is CN(CCCC(=O)O)CC(=O)NCc1ccc(F)cc1. The van der Waals surface area contributed by atoms with Crippen molar-refractivity contribution in [2.24, 2.45) is 0 Å². The van der Waals surface area contributed by atoms with Crippen molar-refractivity contribution in [1.82, 2.24) is 10.2 Å². The van der Waals surface area contributed by atoms with Crippen molar-refractivity contribution < 1.29 is 19.1 Å². The summed E-state index contributed by atoms with van der Waals surface area (Å²) in [5, 5.41) is 11.2. The lowest BCUT2D eigenvalue weighted by molar-refractivity contribution is -0.137. The van der Waals surface area contributed by atoms with Gasteiger partial charge in [0.1, 0.15) is 5.82 Å². The van der Waals surface area contributed by atoms with Gasteiger partial charge in [-0.2, -0.15) is 0 Å². The van der Waals surface area contributed by atoms with E-state index >= 15 is 0 Å². The molecule has 0 fully saturated rings. The lowest BCUT2D eigenvalue weighted by atomic mass is 10.2. The van der Waals surface area contributed by atoms with Crippen LogP contribution in [0.15, 0.2) is 24.3 Å². The van der Waals surface area contributed by atoms with Gasteiger partial charge in [-0.15, -0.1) is 0 Å². The number of aliphatic carboxylic acids is 1. The number of benzene rings is 1. The Hall–Kier alpha value is -1.95. The minimum absolute atomic E-state index is 0.0987. The quantitative estimate of drug-likeness (QED) is 0.752. The zero-order valence-electron chi connectivity index (χ0n) is 11.4. The van der Waals surface area contributed by atoms with Gasteiger partial charge in [-0.25, -0.2) is 4.39 Å². The van der Waals surface area contributed by atoms with Crippen LogP contribution in [0.3, 0.4) is 0 Å². The number of carboxylic acid groups (broad SMARTS) is 1. The van der Waals surface area contributed by atoms with Crippen LogP contribution in [0.1, 0.15) is 18.4 Å². The molecule has 0 radical (unpaired) electrons. The number of rotatable bonds is 8. The van der Waals surface area contributed by atoms with Gasteiger partial charge in [-0.3, -0.25) is 14.5 Å². The van der Waals surface area contributed by atoms with Crippen LogP contribution in [0.25, 0.3) is 0 Å². The second kappa shape index (κ2) is 8.27. The summed E-state index contributed by atoms with van der Waals surface area (Å²) in [4.78, 5) is 23.8. The molecule has 0 saturated carbocycles. The predicted molar refractivity (Wildman–Crippen MR) is 72.6 cm³/mol. The molecule has 0 aliphatic heterocycles. The summed E-state index contributed by atoms with van der Waals surface area (Å²) < 4.78 is 12.7. The van der Waals surface area contributed by atoms with E-state index in [1.165, 1.54) is 12.1 Å². The Kier molecular flexibility index (Phi) is 6.66. The Bertz CT molecular complexity index is 448. The van der Waals surface area contributed by atoms with Crippen molar-refractivity contribution in [1.29, 1.82) is 0 Å². The van der Waals surface area contributed by atoms with Gasteiger partial charge in [0, 0.05) is 13.0 Å². The Balaban J connectivity index is 2.22. The predicted octanol–water partition coefficient (Wildman–Crippen LogP) is 1.24. The van der Waals surface area contributed by atoms with Gasteiger partial charge in [0.25, 0.3) is 0 Å². The molecule has 0 aliphatic carbocycles. The zero-order valence-corrected chi connectivity index (χ0v) is 11.4. The van der Waals surface area contributed by atoms with Crippen molar-refractivity contribution in [3.63, 3.8) is 0 Å². The van der Waals surface area contributed by atoms with E-state index in [0.29, 0.717) is 19.5 Å². The van der Waals surface area contributed by atoms with E-state index in [2.05, 4.69) is 5.32 Å². The van der Waals surface area contributed by atoms with Crippen molar-refractivity contribution >= 4 is 11.9 Å². The topological polar surface area (TPSA) is 69.6 Å². The molecule has 0 aliphatic rings. The fraction of sp³-hybridized carbons (Fsp3) is 0.429. The lowest BCUT2D eigenvalue weighted by Crippen LogP contribution is -2.35. The van der Waals surface area contributed by atoms with Crippen molar-refractivity contribution in [2.45, 2.75) is 19.4 Å². The first-order valence-corrected chi connectivity index (χ1v) is 6.39. The number of carbonyl (C=O) groups is 2. The van der Waals surface area contributed by atoms with Gasteiger partial charge >= 0.3 is 5.97 Å². The molecule has 0 unspecified atom stereocenters. The van der Waals surface area contributed by atoms with E-state index in [9.17, 15) is 14.0 Å². The molecule has 0 spiro atoms. The molecule has 1 amide bonds. The average Bonchev–Trinajstić information content (AvgIpc) is 2.37. The highest BCUT2D eigenvalue weighted by Gasteiger charge is 2.07. The van der Waals surface area contributed by atoms with Gasteiger partial charge in [0.15, 0.2) is 0 Å². The lowest BCUT2D eigenvalue weighted by Gasteiger charge is -2.15. The normalized spacial score (nSPS) is 10.6. The number of carbonyl (C=O) groups excluding carboxylic acids is 1. The van der Waals surface area contributed by atoms with E-state index in [0.717, 1.165) is 5.56 Å². The Labute approximate surface area is 117 Å². The molecule has 6 heteroatoms. The maximum absolute atomic E-state index is 12.7. The standard InChI is InChI=1S/C14H19FN2O3/c1-17(8-2-3-14(19)20)10-13(18)16-9-11-4-6-12(15)7-5-11/h4-7H,2-3,8-10H2,1H3,(H,16,18)(H,19,20). The molecule has 0 bridgehead atoms. The molecule has 1 aromatic rings. The van der Waals surface area contributed by atoms with Gasteiger partial charge < -0.3 is 10.4 Å². The van der Waals surface area contributed by atoms with Gasteiger partial charge in [-0.1, -0.05) is 12.1 Å². The Morgan fingerprint density at radius 1 is 1.30 bits per heavy atom. The van der Waals surface area contributed by atoms with Crippen LogP contribution in [0.4, 0.5) is 4.39 Å². The van der Waals surface area contributed by atoms with E-state index in [4.69, 9.17) is 5.11 Å². The summed E-state index contributed by atoms with van der Waals surface area (Å²) in [6.07, 6.45) is 0.610. The number of halogens is 1. The highest BCUT2D eigenvalue weighted by atomic mass is 19.1. The van der Waals surface area contributed by atoms with E-state index < -0.39 is 5.97 Å². The van der Waals surface area contributed by atoms with Gasteiger partial charge in [0.2, 0.25) is 5.91 Å². The number of carboxylic acids is 1. The summed E-state index contributed by atoms with van der Waals surface area (Å²) in [7, 11) is 1.76. The van der Waals surface area contributed by atoms with Crippen LogP contribution in [0, 0.1) is 5.82 Å². The van der Waals surface area contributed by atoms with Crippen LogP contribution in [0.2, 0.25) is 0 Å². The molecular weight excluding hydrogens is 263 g/mol. The van der Waals surface area contributed by atoms with Crippen molar-refractivity contribution in [3.8, 4) is 0 Å². The summed E-state index contributed by atoms with van der Waals surface area (Å²) in [5.74, 6) is -1.29. The minimum Gasteiger partial charge on any atom is -0.481 e. The molecule has 20 heavy (non-hydrogen) atoms. The third-order valence-corrected chi connectivity index (χ3v) is 2.75. The largest absolute Gasteiger partial charge is 0.481 e. The van der Waals surface area contributed by atoms with Crippen LogP contribution in [-0.4, -0.2) is 42.0 Å². The van der Waals surface area contributed by atoms with Crippen LogP contribution in [0.5, 0.6) is 0 Å². The van der Waals surface area contributed by atoms with Crippen LogP contribution < -0.4 is 5.32 Å². The van der Waals surface area contributed by atoms with Crippen molar-refractivity contribution in [2.75, 3.05) is 20.1 Å². The third-order valence-electron chi connectivity index (χ3n) is 2.75. The first-order valence-electron chi connectivity index (χ1n) is 6.39. The highest BCUT2D eigenvalue weighted by Crippen LogP contribution is 2.02. The maximum Gasteiger partial charge on any atom is 0.303 e. The molecule has 2 N–H and O–H groups in total. The molecule has 110 valence electrons. The van der Waals surface area contributed by atoms with Gasteiger partial charge in [0.05, 0.1) is 6.54 Å². The molecular formula is C14H19FN2O3. The molecule has 1 aromatic carbocycles. The Morgan fingerprint density at radius 3 is 2.55 bits per heavy atom. The van der Waals surface area contributed by atoms with Crippen LogP contribution in [-0.2, 0) is 16.1 Å². The summed E-state index contributed by atoms with van der Waals surface area (Å²) in [5.41, 5.74) is 0.827. The minimum atomic E-state index is -0.834. The first-order chi connectivity index (χ1) is 9.47. The van der Waals surface area contributed by atoms with E-state index in [-0.39, 0.29) is 24.7 Å². The second-order valence-corrected chi connectivity index (χ2v) is 4.64. The number of likely N-dealkylation sites (N-methyl/N-ethyl adjacent to an activating group) is 1. The molecule has 1 rings (SSSR count). The second-order valence-electron chi connectivity index (χ2n) is 4.64. The van der Waals surface area contributed by atoms with Crippen LogP contribution >= 0.6 is 0 Å². The number of amides is 1. The molecule has 0 atom stereocenters. The molecule has 0 aromatic heterocycles. The maximum atomic E-state index is 12.7. The first kappa shape index (κ1) is 16.1. The monoisotopic (exact) mass is 282 g/mol. The molecule has 0 heterocycles. The number of hydrogen-bond donors (Lipinski definition) is 2. The average molecular weight is 282 g/mol. The molecule has 5 nitrogen and oxygen atoms in total. The summed E-state index contributed by atoms with van der Waals surface area (Å²) >= 11 is 0. The summed E-state index contributed by atoms with van der Waals surface area (Å²) in [6.45, 7) is 1.11. The zero-order chi connectivity index (χ0) is 15.0. The highest BCUT2D eigenvalue weighted by molar-refractivity contribution is 5.77. The fourth-order valence-corrected chi connectivity index (χ4v) is 1.68. The fourth-order valence-electron chi connectivity index (χ4n) is 1.68. The summed E-state index contributed by atoms with van der Waals surface area (Å²) in [6, 6.07) is 5.93. The Morgan fingerprint density at radius 2 is 1.95 bits per heavy atom. The van der Waals surface area contributed by atoms with Crippen molar-refractivity contribution in [3.05, 3.63) is 35.6 Å². The van der Waals surface area contributed by atoms with E-state index in [1.54, 1.807) is 24.1 Å². The number of nitrogens with zero attached hydrogens (tertiary/aromatic N) is 1. The number of nitrogens with one attached hydrogen (secondary N) is 1. The third kappa shape index (κ3) is 6.84. The van der Waals surface area contributed by atoms with E-state index in [1.807, 2.05) is 0 Å². The molecule has 0 saturated heterocycles. The number of hydrogen-bond acceptors (Lipinski definition) is 3. The smallest absolute Gasteiger partial charge is 0.303 e. The van der Waals surface area contributed by atoms with Gasteiger partial charge in [-0.05, 0) is 37.7 Å².